The number of nitrogens with one attached hydrogen (secondary N) is 1. The monoisotopic (exact) mass is 392 g/mol. The number of anilines is 3. The first kappa shape index (κ1) is 18.2. The molecular weight excluding hydrogens is 374 g/mol. The van der Waals surface area contributed by atoms with Crippen LogP contribution in [0.25, 0.3) is 0 Å². The van der Waals surface area contributed by atoms with Gasteiger partial charge in [-0.3, -0.25) is 4.79 Å². The molecule has 0 aliphatic carbocycles. The molecule has 0 fully saturated rings. The minimum absolute atomic E-state index is 0.0283. The van der Waals surface area contributed by atoms with Gasteiger partial charge in [0.15, 0.2) is 23.1 Å². The number of carbonyl (C=O) groups excluding carboxylic acids is 1. The molecule has 2 aromatic rings. The number of benzene rings is 1. The van der Waals surface area contributed by atoms with Crippen LogP contribution in [0, 0.1) is 11.6 Å². The highest BCUT2D eigenvalue weighted by Gasteiger charge is 2.38. The Morgan fingerprint density at radius 2 is 1.86 bits per heavy atom. The molecule has 1 amide bonds. The summed E-state index contributed by atoms with van der Waals surface area (Å²) in [5.41, 5.74) is 1.40. The minimum atomic E-state index is -1.39. The SMILES string of the molecule is COc1cc(OC)c(F)c(N2Cc3cnc4c(c3N(C)C2O)CC(=O)N4)c1F. The topological polar surface area (TPSA) is 87.2 Å². The number of hydrogen-bond acceptors (Lipinski definition) is 7. The standard InChI is InChI=1S/C18H18F2N4O4/c1-23-15-8(6-21-17-9(15)4-12(25)22-17)7-24(18(23)26)16-13(19)10(27-2)5-11(28-3)14(16)20/h5-6,18,26H,4,7H2,1-3H3,(H,21,22,25). The average molecular weight is 392 g/mol. The normalized spacial score (nSPS) is 17.9. The Balaban J connectivity index is 1.85. The number of pyridine rings is 1. The molecule has 28 heavy (non-hydrogen) atoms. The predicted molar refractivity (Wildman–Crippen MR) is 96.6 cm³/mol. The van der Waals surface area contributed by atoms with Crippen LogP contribution in [0.4, 0.5) is 26.0 Å². The Bertz CT molecular complexity index is 957. The van der Waals surface area contributed by atoms with E-state index < -0.39 is 23.7 Å². The Morgan fingerprint density at radius 3 is 2.46 bits per heavy atom. The van der Waals surface area contributed by atoms with Crippen molar-refractivity contribution in [3.63, 3.8) is 0 Å². The maximum absolute atomic E-state index is 14.9. The number of rotatable bonds is 3. The lowest BCUT2D eigenvalue weighted by Crippen LogP contribution is -2.51. The summed E-state index contributed by atoms with van der Waals surface area (Å²) in [5.74, 6) is -2.11. The molecule has 0 spiro atoms. The largest absolute Gasteiger partial charge is 0.493 e. The summed E-state index contributed by atoms with van der Waals surface area (Å²) in [6.45, 7) is -0.0283. The molecule has 10 heteroatoms. The van der Waals surface area contributed by atoms with Crippen LogP contribution in [0.3, 0.4) is 0 Å². The smallest absolute Gasteiger partial charge is 0.230 e. The molecule has 1 atom stereocenters. The quantitative estimate of drug-likeness (QED) is 0.821. The number of aromatic nitrogens is 1. The van der Waals surface area contributed by atoms with Crippen molar-refractivity contribution in [2.45, 2.75) is 19.3 Å². The van der Waals surface area contributed by atoms with Crippen LogP contribution >= 0.6 is 0 Å². The van der Waals surface area contributed by atoms with E-state index in [-0.39, 0.29) is 30.4 Å². The van der Waals surface area contributed by atoms with Gasteiger partial charge in [0.25, 0.3) is 0 Å². The van der Waals surface area contributed by atoms with Gasteiger partial charge >= 0.3 is 0 Å². The van der Waals surface area contributed by atoms with Crippen molar-refractivity contribution >= 4 is 23.1 Å². The summed E-state index contributed by atoms with van der Waals surface area (Å²) in [5, 5.41) is 13.5. The summed E-state index contributed by atoms with van der Waals surface area (Å²) < 4.78 is 39.8. The number of halogens is 2. The Hall–Kier alpha value is -3.14. The molecule has 2 aliphatic heterocycles. The fourth-order valence-corrected chi connectivity index (χ4v) is 3.66. The van der Waals surface area contributed by atoms with Gasteiger partial charge in [-0.15, -0.1) is 0 Å². The molecule has 1 unspecified atom stereocenters. The average Bonchev–Trinajstić information content (AvgIpc) is 3.05. The van der Waals surface area contributed by atoms with Crippen molar-refractivity contribution in [2.24, 2.45) is 0 Å². The van der Waals surface area contributed by atoms with Gasteiger partial charge in [-0.1, -0.05) is 0 Å². The van der Waals surface area contributed by atoms with Gasteiger partial charge < -0.3 is 29.7 Å². The number of aliphatic hydroxyl groups is 1. The Kier molecular flexibility index (Phi) is 4.22. The maximum atomic E-state index is 14.9. The molecule has 0 radical (unpaired) electrons. The maximum Gasteiger partial charge on any atom is 0.230 e. The van der Waals surface area contributed by atoms with Gasteiger partial charge in [0.05, 0.1) is 32.9 Å². The van der Waals surface area contributed by atoms with Crippen molar-refractivity contribution in [1.29, 1.82) is 0 Å². The summed E-state index contributed by atoms with van der Waals surface area (Å²) >= 11 is 0. The number of methoxy groups -OCH3 is 2. The minimum Gasteiger partial charge on any atom is -0.493 e. The van der Waals surface area contributed by atoms with Crippen molar-refractivity contribution in [3.05, 3.63) is 35.0 Å². The second-order valence-corrected chi connectivity index (χ2v) is 6.53. The first-order valence-corrected chi connectivity index (χ1v) is 8.45. The van der Waals surface area contributed by atoms with Crippen LogP contribution in [0.2, 0.25) is 0 Å². The van der Waals surface area contributed by atoms with E-state index in [0.717, 1.165) is 11.0 Å². The fraction of sp³-hybridized carbons (Fsp3) is 0.333. The summed E-state index contributed by atoms with van der Waals surface area (Å²) in [4.78, 5) is 18.5. The lowest BCUT2D eigenvalue weighted by molar-refractivity contribution is -0.115. The van der Waals surface area contributed by atoms with E-state index in [9.17, 15) is 18.7 Å². The van der Waals surface area contributed by atoms with Crippen molar-refractivity contribution < 1.29 is 28.2 Å². The number of carbonyl (C=O) groups is 1. The van der Waals surface area contributed by atoms with Crippen molar-refractivity contribution in [1.82, 2.24) is 4.98 Å². The molecule has 0 saturated carbocycles. The number of fused-ring (bicyclic) bond motifs is 3. The predicted octanol–water partition coefficient (Wildman–Crippen LogP) is 1.60. The van der Waals surface area contributed by atoms with E-state index in [1.165, 1.54) is 25.3 Å². The van der Waals surface area contributed by atoms with Gasteiger partial charge in [-0.05, 0) is 0 Å². The van der Waals surface area contributed by atoms with E-state index in [1.54, 1.807) is 7.05 Å². The molecule has 0 saturated heterocycles. The number of nitrogens with zero attached hydrogens (tertiary/aromatic N) is 3. The number of hydrogen-bond donors (Lipinski definition) is 2. The molecule has 1 aromatic heterocycles. The Morgan fingerprint density at radius 1 is 1.21 bits per heavy atom. The Labute approximate surface area is 159 Å². The molecule has 1 aromatic carbocycles. The molecule has 148 valence electrons. The zero-order valence-corrected chi connectivity index (χ0v) is 15.4. The lowest BCUT2D eigenvalue weighted by atomic mass is 10.0. The van der Waals surface area contributed by atoms with Crippen LogP contribution in [-0.2, 0) is 17.8 Å². The highest BCUT2D eigenvalue weighted by atomic mass is 19.1. The molecule has 4 rings (SSSR count). The third-order valence-electron chi connectivity index (χ3n) is 4.98. The molecule has 3 heterocycles. The number of aliphatic hydroxyl groups excluding tert-OH is 1. The first-order chi connectivity index (χ1) is 13.4. The van der Waals surface area contributed by atoms with E-state index in [1.807, 2.05) is 0 Å². The summed E-state index contributed by atoms with van der Waals surface area (Å²) in [6.07, 6.45) is 0.246. The van der Waals surface area contributed by atoms with Crippen LogP contribution in [0.1, 0.15) is 11.1 Å². The van der Waals surface area contributed by atoms with Gasteiger partial charge in [0.1, 0.15) is 11.5 Å². The lowest BCUT2D eigenvalue weighted by Gasteiger charge is -2.42. The van der Waals surface area contributed by atoms with Gasteiger partial charge in [-0.25, -0.2) is 13.8 Å². The van der Waals surface area contributed by atoms with E-state index >= 15 is 0 Å². The van der Waals surface area contributed by atoms with Gasteiger partial charge in [0.2, 0.25) is 12.3 Å². The first-order valence-electron chi connectivity index (χ1n) is 8.45. The second kappa shape index (κ2) is 6.48. The van der Waals surface area contributed by atoms with Gasteiger partial charge in [-0.2, -0.15) is 0 Å². The van der Waals surface area contributed by atoms with Gasteiger partial charge in [0, 0.05) is 30.4 Å². The van der Waals surface area contributed by atoms with E-state index in [0.29, 0.717) is 22.6 Å². The third-order valence-corrected chi connectivity index (χ3v) is 4.98. The zero-order valence-electron chi connectivity index (χ0n) is 15.4. The van der Waals surface area contributed by atoms with Crippen LogP contribution in [0.5, 0.6) is 11.5 Å². The highest BCUT2D eigenvalue weighted by molar-refractivity contribution is 6.00. The third kappa shape index (κ3) is 2.52. The molecule has 2 aliphatic rings. The molecule has 8 nitrogen and oxygen atoms in total. The van der Waals surface area contributed by atoms with Crippen LogP contribution in [0.15, 0.2) is 12.3 Å². The summed E-state index contributed by atoms with van der Waals surface area (Å²) in [7, 11) is 4.08. The molecule has 2 N–H and O–H groups in total. The fourth-order valence-electron chi connectivity index (χ4n) is 3.66. The number of ether oxygens (including phenoxy) is 2. The van der Waals surface area contributed by atoms with E-state index in [2.05, 4.69) is 10.3 Å². The second-order valence-electron chi connectivity index (χ2n) is 6.53. The van der Waals surface area contributed by atoms with Crippen molar-refractivity contribution in [3.8, 4) is 11.5 Å². The van der Waals surface area contributed by atoms with E-state index in [4.69, 9.17) is 9.47 Å². The zero-order chi connectivity index (χ0) is 20.2. The molecular formula is C18H18F2N4O4. The highest BCUT2D eigenvalue weighted by Crippen LogP contribution is 2.43. The number of amides is 1. The van der Waals surface area contributed by atoms with Crippen molar-refractivity contribution in [2.75, 3.05) is 36.4 Å². The van der Waals surface area contributed by atoms with Crippen LogP contribution in [-0.4, -0.2) is 43.6 Å². The summed E-state index contributed by atoms with van der Waals surface area (Å²) in [6, 6.07) is 1.11. The van der Waals surface area contributed by atoms with Crippen LogP contribution < -0.4 is 24.6 Å². The molecule has 0 bridgehead atoms.